The van der Waals surface area contributed by atoms with Crippen LogP contribution in [0.25, 0.3) is 0 Å². The number of hydrogen-bond acceptors (Lipinski definition) is 4. The molecule has 1 aliphatic rings. The molecule has 2 amide bonds. The predicted molar refractivity (Wildman–Crippen MR) is 129 cm³/mol. The molecule has 0 bridgehead atoms. The lowest BCUT2D eigenvalue weighted by atomic mass is 9.55. The van der Waals surface area contributed by atoms with Crippen LogP contribution in [0.3, 0.4) is 0 Å². The molecule has 0 saturated heterocycles. The smallest absolute Gasteiger partial charge is 0.412 e. The maximum Gasteiger partial charge on any atom is 0.412 e. The first-order valence-electron chi connectivity index (χ1n) is 11.5. The normalized spacial score (nSPS) is 23.2. The molecule has 178 valence electrons. The molecule has 1 saturated carbocycles. The highest BCUT2D eigenvalue weighted by Crippen LogP contribution is 2.52. The van der Waals surface area contributed by atoms with Gasteiger partial charge < -0.3 is 20.5 Å². The first kappa shape index (κ1) is 24.6. The van der Waals surface area contributed by atoms with Crippen molar-refractivity contribution in [3.05, 3.63) is 66.2 Å². The van der Waals surface area contributed by atoms with Gasteiger partial charge in [0.25, 0.3) is 0 Å². The van der Waals surface area contributed by atoms with E-state index in [1.54, 1.807) is 12.1 Å². The second-order valence-corrected chi connectivity index (χ2v) is 10.8. The maximum atomic E-state index is 13.1. The van der Waals surface area contributed by atoms with E-state index in [0.717, 1.165) is 18.4 Å². The van der Waals surface area contributed by atoms with Crippen LogP contribution >= 0.6 is 0 Å². The third kappa shape index (κ3) is 6.06. The molecule has 6 nitrogen and oxygen atoms in total. The fourth-order valence-electron chi connectivity index (χ4n) is 5.92. The van der Waals surface area contributed by atoms with E-state index in [2.05, 4.69) is 52.1 Å². The Morgan fingerprint density at radius 3 is 2.15 bits per heavy atom. The molecule has 2 aromatic carbocycles. The molecule has 2 aromatic rings. The number of para-hydroxylation sites is 1. The molecule has 3 unspecified atom stereocenters. The summed E-state index contributed by atoms with van der Waals surface area (Å²) in [6, 6.07) is 18.8. The van der Waals surface area contributed by atoms with Crippen LogP contribution in [0.5, 0.6) is 5.75 Å². The monoisotopic (exact) mass is 452 g/mol. The molecule has 3 atom stereocenters. The summed E-state index contributed by atoms with van der Waals surface area (Å²) in [5.41, 5.74) is 5.54. The van der Waals surface area contributed by atoms with Crippen molar-refractivity contribution in [1.29, 1.82) is 0 Å². The zero-order valence-corrected chi connectivity index (χ0v) is 20.3. The number of carbonyl (C=O) groups excluding carboxylic acids is 2. The first-order valence-corrected chi connectivity index (χ1v) is 11.5. The average Bonchev–Trinajstić information content (AvgIpc) is 2.71. The molecule has 0 radical (unpaired) electrons. The van der Waals surface area contributed by atoms with Crippen molar-refractivity contribution in [3.63, 3.8) is 0 Å². The highest BCUT2D eigenvalue weighted by molar-refractivity contribution is 5.71. The van der Waals surface area contributed by atoms with Crippen molar-refractivity contribution in [2.75, 3.05) is 0 Å². The van der Waals surface area contributed by atoms with Crippen molar-refractivity contribution in [2.45, 2.75) is 71.4 Å². The fourth-order valence-corrected chi connectivity index (χ4v) is 5.92. The number of hydrogen-bond donors (Lipinski definition) is 2. The van der Waals surface area contributed by atoms with Gasteiger partial charge in [-0.05, 0) is 47.8 Å². The number of primary amides is 1. The highest BCUT2D eigenvalue weighted by atomic mass is 16.6. The molecule has 33 heavy (non-hydrogen) atoms. The minimum absolute atomic E-state index is 0.108. The quantitative estimate of drug-likeness (QED) is 0.579. The summed E-state index contributed by atoms with van der Waals surface area (Å²) in [4.78, 5) is 24.6. The Hall–Kier alpha value is -3.02. The number of nitrogens with two attached hydrogens (primary N) is 1. The van der Waals surface area contributed by atoms with E-state index in [1.807, 2.05) is 36.4 Å². The Labute approximate surface area is 196 Å². The molecule has 0 aromatic heterocycles. The molecule has 3 rings (SSSR count). The van der Waals surface area contributed by atoms with Gasteiger partial charge in [0.1, 0.15) is 11.9 Å². The summed E-state index contributed by atoms with van der Waals surface area (Å²) in [6.07, 6.45) is 0.551. The lowest BCUT2D eigenvalue weighted by Gasteiger charge is -2.53. The van der Waals surface area contributed by atoms with Gasteiger partial charge in [-0.3, -0.25) is 0 Å². The van der Waals surface area contributed by atoms with Crippen LogP contribution in [0.4, 0.5) is 9.59 Å². The Bertz CT molecular complexity index is 959. The van der Waals surface area contributed by atoms with E-state index in [4.69, 9.17) is 15.2 Å². The van der Waals surface area contributed by atoms with Crippen molar-refractivity contribution in [3.8, 4) is 5.75 Å². The van der Waals surface area contributed by atoms with Crippen molar-refractivity contribution in [2.24, 2.45) is 16.6 Å². The molecule has 0 spiro atoms. The molecular formula is C27H36N2O4. The van der Waals surface area contributed by atoms with E-state index >= 15 is 0 Å². The largest absolute Gasteiger partial charge is 0.446 e. The van der Waals surface area contributed by atoms with Crippen LogP contribution in [-0.4, -0.2) is 24.3 Å². The zero-order chi connectivity index (χ0) is 24.3. The summed E-state index contributed by atoms with van der Waals surface area (Å²) in [5.74, 6) is 0.482. The number of ether oxygens (including phenoxy) is 2. The van der Waals surface area contributed by atoms with Crippen molar-refractivity contribution >= 4 is 12.2 Å². The Kier molecular flexibility index (Phi) is 7.06. The van der Waals surface area contributed by atoms with E-state index in [1.165, 1.54) is 0 Å². The summed E-state index contributed by atoms with van der Waals surface area (Å²) in [7, 11) is 0. The van der Waals surface area contributed by atoms with E-state index in [9.17, 15) is 9.59 Å². The number of nitrogens with one attached hydrogen (secondary N) is 1. The molecular weight excluding hydrogens is 416 g/mol. The highest BCUT2D eigenvalue weighted by Gasteiger charge is 2.52. The van der Waals surface area contributed by atoms with Gasteiger partial charge in [-0.2, -0.15) is 0 Å². The SMILES string of the molecule is CC1(C)CC(OC(N)=O)CC(C)(C(NC(=O)Oc2ccccc2)C(C)(C)c2ccccc2)C1. The van der Waals surface area contributed by atoms with Gasteiger partial charge in [0.05, 0.1) is 0 Å². The number of benzene rings is 2. The Balaban J connectivity index is 1.98. The lowest BCUT2D eigenvalue weighted by Crippen LogP contribution is -2.60. The maximum absolute atomic E-state index is 13.1. The van der Waals surface area contributed by atoms with Crippen LogP contribution in [0, 0.1) is 10.8 Å². The van der Waals surface area contributed by atoms with Gasteiger partial charge in [0.2, 0.25) is 0 Å². The standard InChI is InChI=1S/C27H36N2O4/c1-25(2)16-21(32-23(28)30)17-27(5,18-25)22(26(3,4)19-12-8-6-9-13-19)29-24(31)33-20-14-10-7-11-15-20/h6-15,21-22H,16-18H2,1-5H3,(H2,28,30)(H,29,31). The summed E-state index contributed by atoms with van der Waals surface area (Å²) >= 11 is 0. The molecule has 1 aliphatic carbocycles. The third-order valence-electron chi connectivity index (χ3n) is 6.79. The summed E-state index contributed by atoms with van der Waals surface area (Å²) in [5, 5.41) is 3.19. The van der Waals surface area contributed by atoms with E-state index in [0.29, 0.717) is 12.2 Å². The second kappa shape index (κ2) is 9.46. The van der Waals surface area contributed by atoms with Crippen molar-refractivity contribution in [1.82, 2.24) is 5.32 Å². The summed E-state index contributed by atoms with van der Waals surface area (Å²) < 4.78 is 11.1. The van der Waals surface area contributed by atoms with Gasteiger partial charge in [0.15, 0.2) is 0 Å². The van der Waals surface area contributed by atoms with Gasteiger partial charge in [0, 0.05) is 11.5 Å². The van der Waals surface area contributed by atoms with Crippen LogP contribution < -0.4 is 15.8 Å². The average molecular weight is 453 g/mol. The van der Waals surface area contributed by atoms with Gasteiger partial charge in [-0.15, -0.1) is 0 Å². The van der Waals surface area contributed by atoms with Gasteiger partial charge in [-0.1, -0.05) is 83.1 Å². The van der Waals surface area contributed by atoms with Gasteiger partial charge in [-0.25, -0.2) is 9.59 Å². The molecule has 3 N–H and O–H groups in total. The molecule has 0 aliphatic heterocycles. The van der Waals surface area contributed by atoms with E-state index in [-0.39, 0.29) is 17.6 Å². The van der Waals surface area contributed by atoms with Crippen molar-refractivity contribution < 1.29 is 19.1 Å². The Morgan fingerprint density at radius 2 is 1.58 bits per heavy atom. The zero-order valence-electron chi connectivity index (χ0n) is 20.3. The molecule has 1 fully saturated rings. The lowest BCUT2D eigenvalue weighted by molar-refractivity contribution is -0.0432. The number of carbonyl (C=O) groups is 2. The van der Waals surface area contributed by atoms with E-state index < -0.39 is 23.0 Å². The molecule has 6 heteroatoms. The number of rotatable bonds is 6. The number of amides is 2. The van der Waals surface area contributed by atoms with Crippen LogP contribution in [0.1, 0.15) is 59.4 Å². The summed E-state index contributed by atoms with van der Waals surface area (Å²) in [6.45, 7) is 10.7. The molecule has 0 heterocycles. The minimum atomic E-state index is -0.768. The minimum Gasteiger partial charge on any atom is -0.446 e. The second-order valence-electron chi connectivity index (χ2n) is 10.8. The fraction of sp³-hybridized carbons (Fsp3) is 0.481. The topological polar surface area (TPSA) is 90.6 Å². The predicted octanol–water partition coefficient (Wildman–Crippen LogP) is 5.80. The third-order valence-corrected chi connectivity index (χ3v) is 6.79. The van der Waals surface area contributed by atoms with Gasteiger partial charge >= 0.3 is 12.2 Å². The Morgan fingerprint density at radius 1 is 1.00 bits per heavy atom. The van der Waals surface area contributed by atoms with Crippen LogP contribution in [0.2, 0.25) is 0 Å². The van der Waals surface area contributed by atoms with Crippen LogP contribution in [-0.2, 0) is 10.2 Å². The van der Waals surface area contributed by atoms with Crippen LogP contribution in [0.15, 0.2) is 60.7 Å². The first-order chi connectivity index (χ1) is 15.4.